The fraction of sp³-hybridized carbons (Fsp3) is 0.385. The summed E-state index contributed by atoms with van der Waals surface area (Å²) in [6.07, 6.45) is 2.25. The fourth-order valence-corrected chi connectivity index (χ4v) is 2.56. The van der Waals surface area contributed by atoms with Crippen molar-refractivity contribution in [3.8, 4) is 0 Å². The van der Waals surface area contributed by atoms with Crippen LogP contribution in [0.5, 0.6) is 0 Å². The Morgan fingerprint density at radius 2 is 2.25 bits per heavy atom. The van der Waals surface area contributed by atoms with Gasteiger partial charge in [0.2, 0.25) is 5.89 Å². The van der Waals surface area contributed by atoms with Crippen LogP contribution in [0, 0.1) is 0 Å². The third-order valence-electron chi connectivity index (χ3n) is 2.89. The minimum atomic E-state index is 0.285. The molecule has 0 aromatic carbocycles. The average molecular weight is 289 g/mol. The normalized spacial score (nSPS) is 11.3. The average Bonchev–Trinajstić information content (AvgIpc) is 3.07. The van der Waals surface area contributed by atoms with Crippen molar-refractivity contribution in [1.82, 2.24) is 20.1 Å². The maximum Gasteiger partial charge on any atom is 0.228 e. The SMILES string of the molecule is CC(C)c1noc(CCNc2ncnc3sccc23)n1. The van der Waals surface area contributed by atoms with Crippen LogP contribution < -0.4 is 5.32 Å². The van der Waals surface area contributed by atoms with E-state index in [1.165, 1.54) is 0 Å². The summed E-state index contributed by atoms with van der Waals surface area (Å²) < 4.78 is 5.20. The predicted molar refractivity (Wildman–Crippen MR) is 78.0 cm³/mol. The summed E-state index contributed by atoms with van der Waals surface area (Å²) in [5.74, 6) is 2.53. The summed E-state index contributed by atoms with van der Waals surface area (Å²) in [4.78, 5) is 13.8. The first-order valence-corrected chi connectivity index (χ1v) is 7.36. The first kappa shape index (κ1) is 13.0. The van der Waals surface area contributed by atoms with Crippen molar-refractivity contribution in [2.45, 2.75) is 26.2 Å². The lowest BCUT2D eigenvalue weighted by molar-refractivity contribution is 0.373. The van der Waals surface area contributed by atoms with Gasteiger partial charge < -0.3 is 9.84 Å². The number of thiophene rings is 1. The van der Waals surface area contributed by atoms with Crippen molar-refractivity contribution in [2.75, 3.05) is 11.9 Å². The van der Waals surface area contributed by atoms with E-state index in [0.717, 1.165) is 21.9 Å². The summed E-state index contributed by atoms with van der Waals surface area (Å²) in [7, 11) is 0. The molecule has 0 spiro atoms. The van der Waals surface area contributed by atoms with Crippen molar-refractivity contribution >= 4 is 27.4 Å². The Bertz CT molecular complexity index is 705. The molecule has 3 heterocycles. The highest BCUT2D eigenvalue weighted by molar-refractivity contribution is 7.16. The van der Waals surface area contributed by atoms with Gasteiger partial charge in [-0.15, -0.1) is 11.3 Å². The summed E-state index contributed by atoms with van der Waals surface area (Å²) in [6, 6.07) is 2.02. The van der Waals surface area contributed by atoms with Crippen molar-refractivity contribution in [1.29, 1.82) is 0 Å². The molecule has 0 saturated carbocycles. The van der Waals surface area contributed by atoms with Crippen LogP contribution in [-0.4, -0.2) is 26.7 Å². The minimum Gasteiger partial charge on any atom is -0.369 e. The Hall–Kier alpha value is -2.02. The zero-order valence-corrected chi connectivity index (χ0v) is 12.1. The molecule has 0 bridgehead atoms. The lowest BCUT2D eigenvalue weighted by Crippen LogP contribution is -2.07. The van der Waals surface area contributed by atoms with E-state index in [1.807, 2.05) is 25.3 Å². The molecule has 7 heteroatoms. The van der Waals surface area contributed by atoms with Crippen molar-refractivity contribution in [2.24, 2.45) is 0 Å². The maximum atomic E-state index is 5.20. The monoisotopic (exact) mass is 289 g/mol. The van der Waals surface area contributed by atoms with Crippen LogP contribution in [0.3, 0.4) is 0 Å². The van der Waals surface area contributed by atoms with Crippen molar-refractivity contribution in [3.63, 3.8) is 0 Å². The van der Waals surface area contributed by atoms with Crippen molar-refractivity contribution < 1.29 is 4.52 Å². The highest BCUT2D eigenvalue weighted by atomic mass is 32.1. The number of hydrogen-bond acceptors (Lipinski definition) is 7. The Morgan fingerprint density at radius 3 is 3.05 bits per heavy atom. The van der Waals surface area contributed by atoms with Gasteiger partial charge in [0, 0.05) is 18.9 Å². The second-order valence-electron chi connectivity index (χ2n) is 4.74. The molecule has 0 fully saturated rings. The third-order valence-corrected chi connectivity index (χ3v) is 3.71. The van der Waals surface area contributed by atoms with Crippen LogP contribution in [0.15, 0.2) is 22.3 Å². The molecule has 104 valence electrons. The van der Waals surface area contributed by atoms with Crippen LogP contribution in [0.2, 0.25) is 0 Å². The first-order chi connectivity index (χ1) is 9.74. The van der Waals surface area contributed by atoms with Gasteiger partial charge in [0.05, 0.1) is 5.39 Å². The number of rotatable bonds is 5. The predicted octanol–water partition coefficient (Wildman–Crippen LogP) is 2.85. The summed E-state index contributed by atoms with van der Waals surface area (Å²) in [5, 5.41) is 10.3. The van der Waals surface area contributed by atoms with Gasteiger partial charge >= 0.3 is 0 Å². The van der Waals surface area contributed by atoms with E-state index in [0.29, 0.717) is 18.9 Å². The molecule has 20 heavy (non-hydrogen) atoms. The Morgan fingerprint density at radius 1 is 1.35 bits per heavy atom. The molecule has 1 N–H and O–H groups in total. The topological polar surface area (TPSA) is 76.7 Å². The molecule has 0 atom stereocenters. The van der Waals surface area contributed by atoms with E-state index in [2.05, 4.69) is 25.4 Å². The number of fused-ring (bicyclic) bond motifs is 1. The maximum absolute atomic E-state index is 5.20. The van der Waals surface area contributed by atoms with E-state index in [1.54, 1.807) is 17.7 Å². The molecule has 0 radical (unpaired) electrons. The largest absolute Gasteiger partial charge is 0.369 e. The number of nitrogens with one attached hydrogen (secondary N) is 1. The van der Waals surface area contributed by atoms with Gasteiger partial charge in [-0.25, -0.2) is 9.97 Å². The molecule has 0 aliphatic carbocycles. The second-order valence-corrected chi connectivity index (χ2v) is 5.63. The van der Waals surface area contributed by atoms with E-state index < -0.39 is 0 Å². The molecule has 0 aliphatic rings. The van der Waals surface area contributed by atoms with Crippen LogP contribution in [-0.2, 0) is 6.42 Å². The van der Waals surface area contributed by atoms with Crippen molar-refractivity contribution in [3.05, 3.63) is 29.5 Å². The zero-order chi connectivity index (χ0) is 13.9. The van der Waals surface area contributed by atoms with Gasteiger partial charge in [0.25, 0.3) is 0 Å². The number of nitrogens with zero attached hydrogens (tertiary/aromatic N) is 4. The molecular weight excluding hydrogens is 274 g/mol. The van der Waals surface area contributed by atoms with Gasteiger partial charge in [-0.3, -0.25) is 0 Å². The third kappa shape index (κ3) is 2.62. The van der Waals surface area contributed by atoms with E-state index in [4.69, 9.17) is 4.52 Å². The molecule has 6 nitrogen and oxygen atoms in total. The lowest BCUT2D eigenvalue weighted by atomic mass is 10.2. The Kier molecular flexibility index (Phi) is 3.60. The number of hydrogen-bond donors (Lipinski definition) is 1. The standard InChI is InChI=1S/C13H15N5OS/c1-8(2)11-17-10(19-18-11)3-5-14-12-9-4-6-20-13(9)16-7-15-12/h4,6-8H,3,5H2,1-2H3,(H,14,15,16). The van der Waals surface area contributed by atoms with E-state index >= 15 is 0 Å². The molecule has 0 aliphatic heterocycles. The second kappa shape index (κ2) is 5.54. The molecule has 0 amide bonds. The van der Waals surface area contributed by atoms with Gasteiger partial charge in [0.1, 0.15) is 17.0 Å². The van der Waals surface area contributed by atoms with Crippen LogP contribution in [0.1, 0.15) is 31.5 Å². The molecular formula is C13H15N5OS. The highest BCUT2D eigenvalue weighted by Crippen LogP contribution is 2.23. The smallest absolute Gasteiger partial charge is 0.228 e. The molecule has 3 rings (SSSR count). The lowest BCUT2D eigenvalue weighted by Gasteiger charge is -2.04. The number of aromatic nitrogens is 4. The van der Waals surface area contributed by atoms with Gasteiger partial charge in [-0.05, 0) is 11.4 Å². The van der Waals surface area contributed by atoms with Crippen LogP contribution in [0.25, 0.3) is 10.2 Å². The molecule has 3 aromatic rings. The summed E-state index contributed by atoms with van der Waals surface area (Å²) in [6.45, 7) is 4.78. The highest BCUT2D eigenvalue weighted by Gasteiger charge is 2.10. The van der Waals surface area contributed by atoms with Gasteiger partial charge in [0.15, 0.2) is 5.82 Å². The summed E-state index contributed by atoms with van der Waals surface area (Å²) in [5.41, 5.74) is 0. The quantitative estimate of drug-likeness (QED) is 0.778. The van der Waals surface area contributed by atoms with Crippen LogP contribution in [0.4, 0.5) is 5.82 Å². The van der Waals surface area contributed by atoms with Crippen LogP contribution >= 0.6 is 11.3 Å². The van der Waals surface area contributed by atoms with E-state index in [-0.39, 0.29) is 5.92 Å². The Labute approximate surface area is 120 Å². The Balaban J connectivity index is 1.63. The summed E-state index contributed by atoms with van der Waals surface area (Å²) >= 11 is 1.61. The fourth-order valence-electron chi connectivity index (χ4n) is 1.82. The number of anilines is 1. The molecule has 0 saturated heterocycles. The zero-order valence-electron chi connectivity index (χ0n) is 11.3. The molecule has 3 aromatic heterocycles. The first-order valence-electron chi connectivity index (χ1n) is 6.48. The van der Waals surface area contributed by atoms with Gasteiger partial charge in [-0.1, -0.05) is 19.0 Å². The van der Waals surface area contributed by atoms with Gasteiger partial charge in [-0.2, -0.15) is 4.98 Å². The minimum absolute atomic E-state index is 0.285. The van der Waals surface area contributed by atoms with E-state index in [9.17, 15) is 0 Å². The molecule has 0 unspecified atom stereocenters.